The fourth-order valence-corrected chi connectivity index (χ4v) is 2.20. The molecule has 0 saturated carbocycles. The summed E-state index contributed by atoms with van der Waals surface area (Å²) in [5.74, 6) is 0. The molecule has 5 heteroatoms. The Balaban J connectivity index is 2.74. The van der Waals surface area contributed by atoms with Crippen molar-refractivity contribution >= 4 is 0 Å². The van der Waals surface area contributed by atoms with Crippen LogP contribution in [0.5, 0.6) is 0 Å². The van der Waals surface area contributed by atoms with Crippen molar-refractivity contribution in [2.24, 2.45) is 0 Å². The summed E-state index contributed by atoms with van der Waals surface area (Å²) in [5, 5.41) is 0. The fourth-order valence-electron chi connectivity index (χ4n) is 2.20. The van der Waals surface area contributed by atoms with Crippen molar-refractivity contribution in [3.05, 3.63) is 33.2 Å². The van der Waals surface area contributed by atoms with Gasteiger partial charge in [0.2, 0.25) is 0 Å². The molecule has 0 bridgehead atoms. The highest BCUT2D eigenvalue weighted by Gasteiger charge is 2.37. The number of aryl methyl sites for hydroxylation is 1. The van der Waals surface area contributed by atoms with E-state index in [2.05, 4.69) is 0 Å². The number of halogens is 3. The lowest BCUT2D eigenvalue weighted by molar-refractivity contribution is -0.145. The second-order valence-electron chi connectivity index (χ2n) is 4.08. The Bertz CT molecular complexity index is 473. The number of aromatic nitrogens is 1. The van der Waals surface area contributed by atoms with E-state index in [1.54, 1.807) is 0 Å². The van der Waals surface area contributed by atoms with E-state index in [-0.39, 0.29) is 5.56 Å². The summed E-state index contributed by atoms with van der Waals surface area (Å²) >= 11 is 0. The molecule has 88 valence electrons. The van der Waals surface area contributed by atoms with Crippen LogP contribution in [0.15, 0.2) is 10.9 Å². The molecule has 0 saturated heterocycles. The van der Waals surface area contributed by atoms with E-state index in [1.807, 2.05) is 0 Å². The molecule has 0 aliphatic carbocycles. The summed E-state index contributed by atoms with van der Waals surface area (Å²) in [6, 6.07) is 1.34. The van der Waals surface area contributed by atoms with Crippen molar-refractivity contribution in [2.75, 3.05) is 0 Å². The molecule has 1 aromatic rings. The molecule has 0 spiro atoms. The second-order valence-corrected chi connectivity index (χ2v) is 4.08. The number of nitrogens with zero attached hydrogens (tertiary/aromatic N) is 1. The predicted octanol–water partition coefficient (Wildman–Crippen LogP) is 2.51. The van der Waals surface area contributed by atoms with Crippen LogP contribution in [0.25, 0.3) is 0 Å². The summed E-state index contributed by atoms with van der Waals surface area (Å²) < 4.78 is 39.8. The lowest BCUT2D eigenvalue weighted by Gasteiger charge is -2.25. The van der Waals surface area contributed by atoms with Crippen molar-refractivity contribution in [2.45, 2.75) is 38.9 Å². The molecule has 2 rings (SSSR count). The van der Waals surface area contributed by atoms with Crippen LogP contribution < -0.4 is 5.43 Å². The van der Waals surface area contributed by atoms with Crippen LogP contribution in [-0.2, 0) is 19.1 Å². The van der Waals surface area contributed by atoms with Crippen molar-refractivity contribution in [3.63, 3.8) is 0 Å². The topological polar surface area (TPSA) is 22.0 Å². The summed E-state index contributed by atoms with van der Waals surface area (Å²) in [5.41, 5.74) is -0.970. The first-order valence-corrected chi connectivity index (χ1v) is 5.22. The van der Waals surface area contributed by atoms with E-state index in [0.29, 0.717) is 18.7 Å². The van der Waals surface area contributed by atoms with Crippen LogP contribution in [0.1, 0.15) is 29.8 Å². The van der Waals surface area contributed by atoms with E-state index in [1.165, 1.54) is 17.6 Å². The van der Waals surface area contributed by atoms with E-state index < -0.39 is 17.3 Å². The quantitative estimate of drug-likeness (QED) is 0.672. The molecule has 1 aliphatic heterocycles. The van der Waals surface area contributed by atoms with Crippen LogP contribution in [0, 0.1) is 6.92 Å². The van der Waals surface area contributed by atoms with Crippen molar-refractivity contribution in [3.8, 4) is 0 Å². The average Bonchev–Trinajstić information content (AvgIpc) is 2.17. The number of pyridine rings is 1. The van der Waals surface area contributed by atoms with Crippen molar-refractivity contribution in [1.29, 1.82) is 0 Å². The highest BCUT2D eigenvalue weighted by molar-refractivity contribution is 5.27. The number of fused-ring (bicyclic) bond motifs is 1. The standard InChI is InChI=1S/C11H12F3NO/c1-7-9(16)6-8-4-2-3-5-15(8)10(7)11(12,13)14/h6H,2-5H2,1H3. The van der Waals surface area contributed by atoms with Crippen LogP contribution in [0.4, 0.5) is 13.2 Å². The third-order valence-electron chi connectivity index (χ3n) is 2.97. The van der Waals surface area contributed by atoms with Crippen molar-refractivity contribution < 1.29 is 13.2 Å². The normalized spacial score (nSPS) is 16.0. The number of hydrogen-bond acceptors (Lipinski definition) is 1. The third-order valence-corrected chi connectivity index (χ3v) is 2.97. The molecule has 1 aromatic heterocycles. The molecule has 2 heterocycles. The molecule has 0 amide bonds. The highest BCUT2D eigenvalue weighted by Crippen LogP contribution is 2.32. The van der Waals surface area contributed by atoms with E-state index in [9.17, 15) is 18.0 Å². The summed E-state index contributed by atoms with van der Waals surface area (Å²) in [7, 11) is 0. The number of alkyl halides is 3. The first-order chi connectivity index (χ1) is 7.41. The molecule has 16 heavy (non-hydrogen) atoms. The zero-order valence-electron chi connectivity index (χ0n) is 8.90. The lowest BCUT2D eigenvalue weighted by atomic mass is 10.0. The van der Waals surface area contributed by atoms with Gasteiger partial charge in [-0.1, -0.05) is 0 Å². The van der Waals surface area contributed by atoms with Gasteiger partial charge < -0.3 is 4.57 Å². The highest BCUT2D eigenvalue weighted by atomic mass is 19.4. The molecule has 0 radical (unpaired) electrons. The van der Waals surface area contributed by atoms with Crippen LogP contribution in [0.3, 0.4) is 0 Å². The minimum absolute atomic E-state index is 0.196. The van der Waals surface area contributed by atoms with Gasteiger partial charge in [-0.25, -0.2) is 0 Å². The first kappa shape index (κ1) is 11.2. The molecule has 0 aromatic carbocycles. The fraction of sp³-hybridized carbons (Fsp3) is 0.545. The Hall–Kier alpha value is -1.26. The zero-order valence-corrected chi connectivity index (χ0v) is 8.90. The van der Waals surface area contributed by atoms with Gasteiger partial charge in [-0.3, -0.25) is 4.79 Å². The third kappa shape index (κ3) is 1.74. The molecule has 0 N–H and O–H groups in total. The molecule has 0 atom stereocenters. The number of hydrogen-bond donors (Lipinski definition) is 0. The molecular weight excluding hydrogens is 219 g/mol. The maximum Gasteiger partial charge on any atom is 0.431 e. The van der Waals surface area contributed by atoms with Gasteiger partial charge in [0.1, 0.15) is 5.69 Å². The van der Waals surface area contributed by atoms with E-state index in [4.69, 9.17) is 0 Å². The smallest absolute Gasteiger partial charge is 0.341 e. The summed E-state index contributed by atoms with van der Waals surface area (Å²) in [4.78, 5) is 11.4. The van der Waals surface area contributed by atoms with Gasteiger partial charge in [0, 0.05) is 23.9 Å². The van der Waals surface area contributed by atoms with Gasteiger partial charge in [-0.15, -0.1) is 0 Å². The van der Waals surface area contributed by atoms with Gasteiger partial charge >= 0.3 is 6.18 Å². The second kappa shape index (κ2) is 3.64. The Labute approximate surface area is 90.7 Å². The molecule has 0 unspecified atom stereocenters. The molecule has 1 aliphatic rings. The zero-order chi connectivity index (χ0) is 11.9. The van der Waals surface area contributed by atoms with Crippen LogP contribution >= 0.6 is 0 Å². The monoisotopic (exact) mass is 231 g/mol. The minimum atomic E-state index is -4.45. The van der Waals surface area contributed by atoms with Gasteiger partial charge in [0.05, 0.1) is 0 Å². The Kier molecular flexibility index (Phi) is 2.56. The van der Waals surface area contributed by atoms with E-state index in [0.717, 1.165) is 12.8 Å². The largest absolute Gasteiger partial charge is 0.431 e. The van der Waals surface area contributed by atoms with Crippen LogP contribution in [-0.4, -0.2) is 4.57 Å². The minimum Gasteiger partial charge on any atom is -0.341 e. The van der Waals surface area contributed by atoms with Crippen LogP contribution in [0.2, 0.25) is 0 Å². The maximum absolute atomic E-state index is 12.9. The summed E-state index contributed by atoms with van der Waals surface area (Å²) in [6.07, 6.45) is -2.31. The van der Waals surface area contributed by atoms with Gasteiger partial charge in [-0.05, 0) is 26.2 Å². The summed E-state index contributed by atoms with van der Waals surface area (Å²) in [6.45, 7) is 1.60. The van der Waals surface area contributed by atoms with Gasteiger partial charge in [0.25, 0.3) is 0 Å². The van der Waals surface area contributed by atoms with E-state index >= 15 is 0 Å². The van der Waals surface area contributed by atoms with Gasteiger partial charge in [-0.2, -0.15) is 13.2 Å². The predicted molar refractivity (Wildman–Crippen MR) is 53.4 cm³/mol. The van der Waals surface area contributed by atoms with Gasteiger partial charge in [0.15, 0.2) is 5.43 Å². The first-order valence-electron chi connectivity index (χ1n) is 5.22. The average molecular weight is 231 g/mol. The lowest BCUT2D eigenvalue weighted by Crippen LogP contribution is -2.28. The molecule has 0 fully saturated rings. The molecule has 2 nitrogen and oxygen atoms in total. The SMILES string of the molecule is Cc1c(C(F)(F)F)n2c(cc1=O)CCCC2. The number of rotatable bonds is 0. The molecular formula is C11H12F3NO. The Morgan fingerprint density at radius 1 is 1.31 bits per heavy atom. The Morgan fingerprint density at radius 3 is 2.62 bits per heavy atom. The Morgan fingerprint density at radius 2 is 2.00 bits per heavy atom. The maximum atomic E-state index is 12.9. The van der Waals surface area contributed by atoms with Crippen molar-refractivity contribution in [1.82, 2.24) is 4.57 Å².